The molecule has 0 bridgehead atoms. The van der Waals surface area contributed by atoms with Crippen LogP contribution in [-0.4, -0.2) is 31.3 Å². The van der Waals surface area contributed by atoms with E-state index in [1.807, 2.05) is 27.1 Å². The highest BCUT2D eigenvalue weighted by atomic mass is 32.2. The average Bonchev–Trinajstić information content (AvgIpc) is 2.19. The Morgan fingerprint density at radius 2 is 2.12 bits per heavy atom. The fraction of sp³-hybridized carbons (Fsp3) is 0.500. The molecule has 0 aliphatic rings. The molecule has 1 aromatic carbocycles. The van der Waals surface area contributed by atoms with Gasteiger partial charge in [-0.25, -0.2) is 4.39 Å². The summed E-state index contributed by atoms with van der Waals surface area (Å²) < 4.78 is 13.6. The quantitative estimate of drug-likeness (QED) is 0.804. The van der Waals surface area contributed by atoms with E-state index in [2.05, 4.69) is 4.90 Å². The van der Waals surface area contributed by atoms with Gasteiger partial charge in [0.2, 0.25) is 0 Å². The Bertz CT molecular complexity index is 340. The Balaban J connectivity index is 2.76. The largest absolute Gasteiger partial charge is 0.324 e. The van der Waals surface area contributed by atoms with Crippen molar-refractivity contribution in [1.82, 2.24) is 4.90 Å². The molecule has 0 saturated carbocycles. The molecule has 0 fully saturated rings. The van der Waals surface area contributed by atoms with Crippen LogP contribution in [0.3, 0.4) is 0 Å². The number of thioether (sulfide) groups is 1. The van der Waals surface area contributed by atoms with E-state index < -0.39 is 0 Å². The SMILES string of the molecule is C[C@H](N)c1cccc(F)c1SCCN(C)C. The van der Waals surface area contributed by atoms with E-state index >= 15 is 0 Å². The summed E-state index contributed by atoms with van der Waals surface area (Å²) in [6, 6.07) is 4.97. The third kappa shape index (κ3) is 3.77. The number of nitrogens with zero attached hydrogens (tertiary/aromatic N) is 1. The van der Waals surface area contributed by atoms with Crippen LogP contribution in [0.25, 0.3) is 0 Å². The number of rotatable bonds is 5. The predicted molar refractivity (Wildman–Crippen MR) is 68.3 cm³/mol. The Morgan fingerprint density at radius 1 is 1.44 bits per heavy atom. The molecule has 90 valence electrons. The fourth-order valence-electron chi connectivity index (χ4n) is 1.37. The van der Waals surface area contributed by atoms with Crippen molar-refractivity contribution in [2.45, 2.75) is 17.9 Å². The molecule has 0 spiro atoms. The molecule has 4 heteroatoms. The van der Waals surface area contributed by atoms with Crippen LogP contribution in [0.4, 0.5) is 4.39 Å². The molecule has 2 N–H and O–H groups in total. The Kier molecular flexibility index (Phi) is 5.25. The van der Waals surface area contributed by atoms with Gasteiger partial charge in [-0.2, -0.15) is 0 Å². The van der Waals surface area contributed by atoms with Crippen molar-refractivity contribution in [3.63, 3.8) is 0 Å². The first-order valence-electron chi connectivity index (χ1n) is 5.34. The predicted octanol–water partition coefficient (Wildman–Crippen LogP) is 2.50. The van der Waals surface area contributed by atoms with Crippen molar-refractivity contribution in [2.24, 2.45) is 5.73 Å². The molecule has 0 saturated heterocycles. The highest BCUT2D eigenvalue weighted by Gasteiger charge is 2.11. The minimum absolute atomic E-state index is 0.127. The van der Waals surface area contributed by atoms with Crippen LogP contribution in [-0.2, 0) is 0 Å². The molecule has 16 heavy (non-hydrogen) atoms. The summed E-state index contributed by atoms with van der Waals surface area (Å²) in [6.45, 7) is 2.81. The number of hydrogen-bond donors (Lipinski definition) is 1. The first-order valence-corrected chi connectivity index (χ1v) is 6.32. The van der Waals surface area contributed by atoms with Gasteiger partial charge in [0, 0.05) is 23.2 Å². The van der Waals surface area contributed by atoms with Gasteiger partial charge in [-0.1, -0.05) is 12.1 Å². The van der Waals surface area contributed by atoms with Crippen LogP contribution in [0.15, 0.2) is 23.1 Å². The molecule has 0 amide bonds. The molecular weight excluding hydrogens is 223 g/mol. The van der Waals surface area contributed by atoms with Gasteiger partial charge in [0.25, 0.3) is 0 Å². The first-order chi connectivity index (χ1) is 7.52. The summed E-state index contributed by atoms with van der Waals surface area (Å²) in [5.74, 6) is 0.701. The molecule has 0 aromatic heterocycles. The molecule has 1 rings (SSSR count). The molecule has 1 atom stereocenters. The summed E-state index contributed by atoms with van der Waals surface area (Å²) in [5.41, 5.74) is 6.72. The third-order valence-electron chi connectivity index (χ3n) is 2.27. The second-order valence-corrected chi connectivity index (χ2v) is 5.20. The summed E-state index contributed by atoms with van der Waals surface area (Å²) in [7, 11) is 4.02. The lowest BCUT2D eigenvalue weighted by molar-refractivity contribution is 0.437. The van der Waals surface area contributed by atoms with Crippen molar-refractivity contribution in [3.8, 4) is 0 Å². The molecule has 0 radical (unpaired) electrons. The molecule has 0 aliphatic carbocycles. The van der Waals surface area contributed by atoms with Crippen molar-refractivity contribution >= 4 is 11.8 Å². The van der Waals surface area contributed by atoms with Gasteiger partial charge in [0.05, 0.1) is 0 Å². The topological polar surface area (TPSA) is 29.3 Å². The monoisotopic (exact) mass is 242 g/mol. The van der Waals surface area contributed by atoms with E-state index in [-0.39, 0.29) is 11.9 Å². The van der Waals surface area contributed by atoms with Gasteiger partial charge < -0.3 is 10.6 Å². The summed E-state index contributed by atoms with van der Waals surface area (Å²) in [5, 5.41) is 0. The van der Waals surface area contributed by atoms with Crippen LogP contribution in [0, 0.1) is 5.82 Å². The first kappa shape index (κ1) is 13.5. The maximum absolute atomic E-state index is 13.6. The van der Waals surface area contributed by atoms with Crippen LogP contribution in [0.2, 0.25) is 0 Å². The zero-order valence-electron chi connectivity index (χ0n) is 10.0. The van der Waals surface area contributed by atoms with Crippen molar-refractivity contribution < 1.29 is 4.39 Å². The van der Waals surface area contributed by atoms with Crippen molar-refractivity contribution in [3.05, 3.63) is 29.6 Å². The lowest BCUT2D eigenvalue weighted by Crippen LogP contribution is -2.15. The van der Waals surface area contributed by atoms with Gasteiger partial charge in [-0.05, 0) is 32.6 Å². The fourth-order valence-corrected chi connectivity index (χ4v) is 2.65. The van der Waals surface area contributed by atoms with Crippen molar-refractivity contribution in [1.29, 1.82) is 0 Å². The molecule has 0 aliphatic heterocycles. The molecule has 0 unspecified atom stereocenters. The zero-order chi connectivity index (χ0) is 12.1. The second kappa shape index (κ2) is 6.23. The van der Waals surface area contributed by atoms with Crippen LogP contribution in [0.1, 0.15) is 18.5 Å². The minimum atomic E-state index is -0.168. The number of halogens is 1. The van der Waals surface area contributed by atoms with Gasteiger partial charge in [0.1, 0.15) is 5.82 Å². The highest BCUT2D eigenvalue weighted by molar-refractivity contribution is 7.99. The standard InChI is InChI=1S/C12H19FN2S/c1-9(14)10-5-4-6-11(13)12(10)16-8-7-15(2)3/h4-6,9H,7-8,14H2,1-3H3/t9-/m0/s1. The zero-order valence-corrected chi connectivity index (χ0v) is 10.9. The van der Waals surface area contributed by atoms with Gasteiger partial charge in [-0.3, -0.25) is 0 Å². The number of nitrogens with two attached hydrogens (primary N) is 1. The summed E-state index contributed by atoms with van der Waals surface area (Å²) >= 11 is 1.53. The number of hydrogen-bond acceptors (Lipinski definition) is 3. The molecule has 0 heterocycles. The van der Waals surface area contributed by atoms with Gasteiger partial charge >= 0.3 is 0 Å². The summed E-state index contributed by atoms with van der Waals surface area (Å²) in [4.78, 5) is 2.78. The Morgan fingerprint density at radius 3 is 2.69 bits per heavy atom. The van der Waals surface area contributed by atoms with E-state index in [0.29, 0.717) is 4.90 Å². The van der Waals surface area contributed by atoms with E-state index in [0.717, 1.165) is 17.9 Å². The van der Waals surface area contributed by atoms with Crippen LogP contribution < -0.4 is 5.73 Å². The number of benzene rings is 1. The van der Waals surface area contributed by atoms with Crippen LogP contribution in [0.5, 0.6) is 0 Å². The molecular formula is C12H19FN2S. The minimum Gasteiger partial charge on any atom is -0.324 e. The van der Waals surface area contributed by atoms with E-state index in [1.54, 1.807) is 6.07 Å². The normalized spacial score (nSPS) is 13.1. The van der Waals surface area contributed by atoms with E-state index in [9.17, 15) is 4.39 Å². The second-order valence-electron chi connectivity index (χ2n) is 4.10. The maximum Gasteiger partial charge on any atom is 0.137 e. The van der Waals surface area contributed by atoms with Gasteiger partial charge in [0.15, 0.2) is 0 Å². The van der Waals surface area contributed by atoms with Crippen LogP contribution >= 0.6 is 11.8 Å². The van der Waals surface area contributed by atoms with E-state index in [4.69, 9.17) is 5.73 Å². The lowest BCUT2D eigenvalue weighted by Gasteiger charge is -2.14. The Labute approximate surface area is 101 Å². The summed E-state index contributed by atoms with van der Waals surface area (Å²) in [6.07, 6.45) is 0. The highest BCUT2D eigenvalue weighted by Crippen LogP contribution is 2.29. The Hall–Kier alpha value is -0.580. The average molecular weight is 242 g/mol. The smallest absolute Gasteiger partial charge is 0.137 e. The molecule has 1 aromatic rings. The van der Waals surface area contributed by atoms with Crippen molar-refractivity contribution in [2.75, 3.05) is 26.4 Å². The van der Waals surface area contributed by atoms with E-state index in [1.165, 1.54) is 17.8 Å². The maximum atomic E-state index is 13.6. The lowest BCUT2D eigenvalue weighted by atomic mass is 10.1. The molecule has 2 nitrogen and oxygen atoms in total. The van der Waals surface area contributed by atoms with Gasteiger partial charge in [-0.15, -0.1) is 11.8 Å². The third-order valence-corrected chi connectivity index (χ3v) is 3.38.